The molecule has 2 rings (SSSR count). The summed E-state index contributed by atoms with van der Waals surface area (Å²) in [4.78, 5) is 21.0. The van der Waals surface area contributed by atoms with E-state index >= 15 is 0 Å². The molecule has 9 heteroatoms. The first-order valence-electron chi connectivity index (χ1n) is 6.05. The number of hydrogen-bond acceptors (Lipinski definition) is 4. The van der Waals surface area contributed by atoms with Crippen LogP contribution in [0.3, 0.4) is 0 Å². The van der Waals surface area contributed by atoms with Gasteiger partial charge in [0.05, 0.1) is 4.92 Å². The molecule has 0 unspecified atom stereocenters. The van der Waals surface area contributed by atoms with Crippen molar-refractivity contribution in [3.63, 3.8) is 0 Å². The van der Waals surface area contributed by atoms with Crippen LogP contribution in [0, 0.1) is 10.1 Å². The quantitative estimate of drug-likeness (QED) is 0.680. The van der Waals surface area contributed by atoms with Crippen LogP contribution in [0.15, 0.2) is 42.5 Å². The number of alkyl halides is 3. The molecule has 0 atom stereocenters. The van der Waals surface area contributed by atoms with Crippen LogP contribution in [0.4, 0.5) is 18.9 Å². The Morgan fingerprint density at radius 3 is 2.13 bits per heavy atom. The van der Waals surface area contributed by atoms with Crippen molar-refractivity contribution in [1.82, 2.24) is 0 Å². The van der Waals surface area contributed by atoms with Crippen molar-refractivity contribution in [2.24, 2.45) is 0 Å². The molecule has 6 nitrogen and oxygen atoms in total. The lowest BCUT2D eigenvalue weighted by Crippen LogP contribution is -2.16. The highest BCUT2D eigenvalue weighted by molar-refractivity contribution is 5.94. The predicted molar refractivity (Wildman–Crippen MR) is 72.2 cm³/mol. The number of benzene rings is 2. The van der Waals surface area contributed by atoms with Gasteiger partial charge < -0.3 is 9.84 Å². The molecule has 1 N–H and O–H groups in total. The van der Waals surface area contributed by atoms with Gasteiger partial charge in [0.2, 0.25) is 0 Å². The number of halogens is 3. The number of nitro groups is 1. The molecular weight excluding hydrogens is 319 g/mol. The summed E-state index contributed by atoms with van der Waals surface area (Å²) in [6.07, 6.45) is -4.81. The molecule has 0 amide bonds. The Kier molecular flexibility index (Phi) is 4.21. The third-order valence-electron chi connectivity index (χ3n) is 2.84. The second kappa shape index (κ2) is 5.95. The minimum atomic E-state index is -4.81. The molecule has 2 aromatic carbocycles. The summed E-state index contributed by atoms with van der Waals surface area (Å²) in [6.45, 7) is 0. The van der Waals surface area contributed by atoms with Gasteiger partial charge in [0, 0.05) is 6.07 Å². The van der Waals surface area contributed by atoms with E-state index in [2.05, 4.69) is 4.74 Å². The first-order valence-corrected chi connectivity index (χ1v) is 6.05. The first kappa shape index (κ1) is 16.3. The molecule has 0 heterocycles. The lowest BCUT2D eigenvalue weighted by molar-refractivity contribution is -0.385. The topological polar surface area (TPSA) is 89.7 Å². The van der Waals surface area contributed by atoms with E-state index in [1.165, 1.54) is 18.2 Å². The third kappa shape index (κ3) is 3.96. The van der Waals surface area contributed by atoms with Crippen LogP contribution in [-0.4, -0.2) is 22.4 Å². The normalized spacial score (nSPS) is 11.1. The Morgan fingerprint density at radius 1 is 1.09 bits per heavy atom. The maximum absolute atomic E-state index is 12.1. The fourth-order valence-electron chi connectivity index (χ4n) is 1.90. The van der Waals surface area contributed by atoms with Crippen LogP contribution in [0.5, 0.6) is 5.75 Å². The van der Waals surface area contributed by atoms with Crippen molar-refractivity contribution in [2.75, 3.05) is 0 Å². The van der Waals surface area contributed by atoms with Crippen LogP contribution in [0.2, 0.25) is 0 Å². The minimum Gasteiger partial charge on any atom is -0.477 e. The Morgan fingerprint density at radius 2 is 1.65 bits per heavy atom. The lowest BCUT2D eigenvalue weighted by Gasteiger charge is -2.09. The summed E-state index contributed by atoms with van der Waals surface area (Å²) < 4.78 is 39.9. The maximum Gasteiger partial charge on any atom is 0.573 e. The number of nitrogens with zero attached hydrogens (tertiary/aromatic N) is 1. The SMILES string of the molecule is O=C(O)c1cc(-c2ccc(OC(F)(F)F)cc2)ccc1[N+](=O)[O-]. The molecule has 0 aliphatic heterocycles. The monoisotopic (exact) mass is 327 g/mol. The Balaban J connectivity index is 2.37. The van der Waals surface area contributed by atoms with E-state index < -0.39 is 34.3 Å². The van der Waals surface area contributed by atoms with Crippen molar-refractivity contribution in [1.29, 1.82) is 0 Å². The van der Waals surface area contributed by atoms with Crippen LogP contribution < -0.4 is 4.74 Å². The molecule has 0 aliphatic carbocycles. The molecule has 0 bridgehead atoms. The number of hydrogen-bond donors (Lipinski definition) is 1. The number of carboxylic acids is 1. The zero-order chi connectivity index (χ0) is 17.2. The van der Waals surface area contributed by atoms with Crippen LogP contribution in [0.1, 0.15) is 10.4 Å². The van der Waals surface area contributed by atoms with Gasteiger partial charge >= 0.3 is 12.3 Å². The van der Waals surface area contributed by atoms with Crippen LogP contribution in [-0.2, 0) is 0 Å². The van der Waals surface area contributed by atoms with Gasteiger partial charge in [0.15, 0.2) is 0 Å². The predicted octanol–water partition coefficient (Wildman–Crippen LogP) is 3.86. The summed E-state index contributed by atoms with van der Waals surface area (Å²) in [5, 5.41) is 19.8. The molecule has 120 valence electrons. The number of carboxylic acid groups (broad SMARTS) is 1. The molecule has 0 saturated heterocycles. The summed E-state index contributed by atoms with van der Waals surface area (Å²) in [6, 6.07) is 8.11. The average Bonchev–Trinajstić information content (AvgIpc) is 2.45. The number of aromatic carboxylic acids is 1. The van der Waals surface area contributed by atoms with E-state index in [1.54, 1.807) is 0 Å². The maximum atomic E-state index is 12.1. The largest absolute Gasteiger partial charge is 0.573 e. The molecule has 0 saturated carbocycles. The summed E-state index contributed by atoms with van der Waals surface area (Å²) in [7, 11) is 0. The number of rotatable bonds is 4. The Labute approximate surface area is 126 Å². The fourth-order valence-corrected chi connectivity index (χ4v) is 1.90. The van der Waals surface area contributed by atoms with Crippen LogP contribution in [0.25, 0.3) is 11.1 Å². The van der Waals surface area contributed by atoms with E-state index in [0.29, 0.717) is 11.1 Å². The number of carbonyl (C=O) groups is 1. The van der Waals surface area contributed by atoms with E-state index in [4.69, 9.17) is 5.11 Å². The molecule has 0 aliphatic rings. The molecule has 0 spiro atoms. The molecule has 2 aromatic rings. The minimum absolute atomic E-state index is 0.312. The van der Waals surface area contributed by atoms with Crippen molar-refractivity contribution in [3.05, 3.63) is 58.1 Å². The van der Waals surface area contributed by atoms with E-state index in [1.807, 2.05) is 0 Å². The number of nitro benzene ring substituents is 1. The van der Waals surface area contributed by atoms with Gasteiger partial charge in [-0.2, -0.15) is 0 Å². The van der Waals surface area contributed by atoms with Gasteiger partial charge in [0.1, 0.15) is 11.3 Å². The highest BCUT2D eigenvalue weighted by Gasteiger charge is 2.31. The van der Waals surface area contributed by atoms with Gasteiger partial charge in [-0.05, 0) is 35.4 Å². The van der Waals surface area contributed by atoms with Crippen LogP contribution >= 0.6 is 0 Å². The van der Waals surface area contributed by atoms with E-state index in [0.717, 1.165) is 24.3 Å². The average molecular weight is 327 g/mol. The highest BCUT2D eigenvalue weighted by atomic mass is 19.4. The van der Waals surface area contributed by atoms with Crippen molar-refractivity contribution in [3.8, 4) is 16.9 Å². The van der Waals surface area contributed by atoms with Crippen molar-refractivity contribution >= 4 is 11.7 Å². The molecule has 0 fully saturated rings. The number of ether oxygens (including phenoxy) is 1. The zero-order valence-electron chi connectivity index (χ0n) is 11.2. The van der Waals surface area contributed by atoms with E-state index in [9.17, 15) is 28.1 Å². The second-order valence-electron chi connectivity index (χ2n) is 4.37. The molecule has 23 heavy (non-hydrogen) atoms. The van der Waals surface area contributed by atoms with Gasteiger partial charge in [-0.15, -0.1) is 13.2 Å². The molecule has 0 radical (unpaired) electrons. The standard InChI is InChI=1S/C14H8F3NO5/c15-14(16,17)23-10-4-1-8(2-5-10)9-3-6-12(18(21)22)11(7-9)13(19)20/h1-7H,(H,19,20). The second-order valence-corrected chi connectivity index (χ2v) is 4.37. The van der Waals surface area contributed by atoms with Crippen molar-refractivity contribution in [2.45, 2.75) is 6.36 Å². The lowest BCUT2D eigenvalue weighted by atomic mass is 10.0. The van der Waals surface area contributed by atoms with Gasteiger partial charge in [-0.1, -0.05) is 12.1 Å². The summed E-state index contributed by atoms with van der Waals surface area (Å²) in [5.74, 6) is -1.91. The summed E-state index contributed by atoms with van der Waals surface area (Å²) >= 11 is 0. The summed E-state index contributed by atoms with van der Waals surface area (Å²) in [5.41, 5.74) is -0.384. The van der Waals surface area contributed by atoms with Crippen molar-refractivity contribution < 1.29 is 32.7 Å². The highest BCUT2D eigenvalue weighted by Crippen LogP contribution is 2.29. The zero-order valence-corrected chi connectivity index (χ0v) is 11.2. The first-order chi connectivity index (χ1) is 10.7. The Bertz CT molecular complexity index is 756. The molecule has 0 aromatic heterocycles. The third-order valence-corrected chi connectivity index (χ3v) is 2.84. The molecular formula is C14H8F3NO5. The van der Waals surface area contributed by atoms with Gasteiger partial charge in [-0.3, -0.25) is 10.1 Å². The van der Waals surface area contributed by atoms with Gasteiger partial charge in [0.25, 0.3) is 5.69 Å². The fraction of sp³-hybridized carbons (Fsp3) is 0.0714. The van der Waals surface area contributed by atoms with Gasteiger partial charge in [-0.25, -0.2) is 4.79 Å². The van der Waals surface area contributed by atoms with E-state index in [-0.39, 0.29) is 0 Å². The Hall–Kier alpha value is -3.10. The smallest absolute Gasteiger partial charge is 0.477 e.